The summed E-state index contributed by atoms with van der Waals surface area (Å²) >= 11 is 1.47. The predicted molar refractivity (Wildman–Crippen MR) is 90.7 cm³/mol. The zero-order valence-electron chi connectivity index (χ0n) is 14.1. The van der Waals surface area contributed by atoms with Crippen molar-refractivity contribution in [2.45, 2.75) is 51.5 Å². The lowest BCUT2D eigenvalue weighted by atomic mass is 9.90. The first-order valence-corrected chi connectivity index (χ1v) is 9.24. The quantitative estimate of drug-likeness (QED) is 0.832. The molecule has 1 aromatic rings. The fourth-order valence-corrected chi connectivity index (χ4v) is 4.32. The lowest BCUT2D eigenvalue weighted by Gasteiger charge is -2.22. The van der Waals surface area contributed by atoms with Crippen LogP contribution in [-0.2, 0) is 22.4 Å². The van der Waals surface area contributed by atoms with Crippen molar-refractivity contribution < 1.29 is 14.3 Å². The first-order chi connectivity index (χ1) is 11.4. The van der Waals surface area contributed by atoms with Crippen molar-refractivity contribution in [2.75, 3.05) is 6.61 Å². The summed E-state index contributed by atoms with van der Waals surface area (Å²) in [5.74, 6) is -0.0301. The fourth-order valence-electron chi connectivity index (χ4n) is 3.22. The van der Waals surface area contributed by atoms with Gasteiger partial charge in [-0.3, -0.25) is 4.79 Å². The van der Waals surface area contributed by atoms with Gasteiger partial charge in [-0.1, -0.05) is 6.92 Å². The normalized spacial score (nSPS) is 22.0. The van der Waals surface area contributed by atoms with Crippen molar-refractivity contribution in [1.29, 1.82) is 5.26 Å². The number of ether oxygens (including phenoxy) is 1. The van der Waals surface area contributed by atoms with Crippen molar-refractivity contribution >= 4 is 23.2 Å². The summed E-state index contributed by atoms with van der Waals surface area (Å²) in [5.41, 5.74) is 0.378. The van der Waals surface area contributed by atoms with Gasteiger partial charge in [0.15, 0.2) is 6.61 Å². The third-order valence-electron chi connectivity index (χ3n) is 4.89. The predicted octanol–water partition coefficient (Wildman–Crippen LogP) is 2.84. The Hall–Kier alpha value is -1.87. The Morgan fingerprint density at radius 2 is 2.21 bits per heavy atom. The first-order valence-electron chi connectivity index (χ1n) is 8.42. The van der Waals surface area contributed by atoms with Crippen LogP contribution in [-0.4, -0.2) is 24.0 Å². The molecule has 1 saturated carbocycles. The average molecular weight is 346 g/mol. The molecular formula is C18H22N2O3S. The van der Waals surface area contributed by atoms with E-state index in [1.54, 1.807) is 6.92 Å². The number of fused-ring (bicyclic) bond motifs is 1. The highest BCUT2D eigenvalue weighted by molar-refractivity contribution is 7.14. The molecule has 0 saturated heterocycles. The summed E-state index contributed by atoms with van der Waals surface area (Å²) in [6.45, 7) is 3.59. The average Bonchev–Trinajstić information content (AvgIpc) is 3.33. The molecule has 5 nitrogen and oxygen atoms in total. The van der Waals surface area contributed by atoms with Crippen LogP contribution in [0.3, 0.4) is 0 Å². The van der Waals surface area contributed by atoms with Crippen LogP contribution in [0.15, 0.2) is 6.07 Å². The molecule has 6 heteroatoms. The molecular weight excluding hydrogens is 324 g/mol. The summed E-state index contributed by atoms with van der Waals surface area (Å²) in [6, 6.07) is 4.06. The van der Waals surface area contributed by atoms with Crippen LogP contribution in [0.4, 0.5) is 0 Å². The van der Waals surface area contributed by atoms with Crippen LogP contribution in [0.25, 0.3) is 0 Å². The van der Waals surface area contributed by atoms with E-state index in [2.05, 4.69) is 18.3 Å². The Balaban J connectivity index is 1.54. The monoisotopic (exact) mass is 346 g/mol. The second kappa shape index (κ2) is 6.56. The van der Waals surface area contributed by atoms with Gasteiger partial charge < -0.3 is 10.1 Å². The zero-order valence-corrected chi connectivity index (χ0v) is 14.9. The molecule has 2 atom stereocenters. The number of carbonyl (C=O) groups is 2. The highest BCUT2D eigenvalue weighted by Crippen LogP contribution is 2.39. The standard InChI is InChI=1S/C18H22N2O3S/c1-11-3-6-14-12(7-11)8-15(24-14)17(22)23-9-16(21)20-18(2,10-19)13-4-5-13/h8,11,13H,3-7,9H2,1-2H3,(H,20,21)/t11-,18-/m0/s1. The van der Waals surface area contributed by atoms with E-state index >= 15 is 0 Å². The maximum Gasteiger partial charge on any atom is 0.348 e. The van der Waals surface area contributed by atoms with Gasteiger partial charge in [0.2, 0.25) is 0 Å². The van der Waals surface area contributed by atoms with Crippen LogP contribution in [0.5, 0.6) is 0 Å². The van der Waals surface area contributed by atoms with E-state index in [1.807, 2.05) is 6.07 Å². The number of hydrogen-bond acceptors (Lipinski definition) is 5. The third-order valence-corrected chi connectivity index (χ3v) is 6.11. The number of amides is 1. The molecule has 0 spiro atoms. The molecule has 1 fully saturated rings. The molecule has 3 rings (SSSR count). The number of aryl methyl sites for hydroxylation is 1. The maximum atomic E-state index is 12.2. The summed E-state index contributed by atoms with van der Waals surface area (Å²) < 4.78 is 5.14. The number of nitrogens with zero attached hydrogens (tertiary/aromatic N) is 1. The van der Waals surface area contributed by atoms with Gasteiger partial charge in [0.05, 0.1) is 6.07 Å². The van der Waals surface area contributed by atoms with Crippen LogP contribution in [0, 0.1) is 23.2 Å². The minimum absolute atomic E-state index is 0.202. The molecule has 1 N–H and O–H groups in total. The molecule has 1 aromatic heterocycles. The van der Waals surface area contributed by atoms with E-state index in [0.29, 0.717) is 10.8 Å². The Labute approximate surface area is 146 Å². The van der Waals surface area contributed by atoms with Crippen molar-refractivity contribution in [2.24, 2.45) is 11.8 Å². The number of rotatable bonds is 5. The molecule has 0 bridgehead atoms. The van der Waals surface area contributed by atoms with Gasteiger partial charge >= 0.3 is 5.97 Å². The molecule has 24 heavy (non-hydrogen) atoms. The molecule has 0 aromatic carbocycles. The van der Waals surface area contributed by atoms with Crippen molar-refractivity contribution in [3.05, 3.63) is 21.4 Å². The van der Waals surface area contributed by atoms with Gasteiger partial charge in [0, 0.05) is 4.88 Å². The van der Waals surface area contributed by atoms with E-state index < -0.39 is 17.4 Å². The van der Waals surface area contributed by atoms with Crippen molar-refractivity contribution in [3.8, 4) is 6.07 Å². The van der Waals surface area contributed by atoms with Gasteiger partial charge in [-0.25, -0.2) is 4.79 Å². The summed E-state index contributed by atoms with van der Waals surface area (Å²) in [5, 5.41) is 11.9. The fraction of sp³-hybridized carbons (Fsp3) is 0.611. The van der Waals surface area contributed by atoms with Gasteiger partial charge in [-0.15, -0.1) is 11.3 Å². The van der Waals surface area contributed by atoms with E-state index in [4.69, 9.17) is 4.74 Å². The summed E-state index contributed by atoms with van der Waals surface area (Å²) in [7, 11) is 0. The number of esters is 1. The second-order valence-electron chi connectivity index (χ2n) is 7.12. The van der Waals surface area contributed by atoms with Crippen molar-refractivity contribution in [3.63, 3.8) is 0 Å². The van der Waals surface area contributed by atoms with Gasteiger partial charge in [0.25, 0.3) is 5.91 Å². The minimum Gasteiger partial charge on any atom is -0.451 e. The SMILES string of the molecule is C[C@H]1CCc2sc(C(=O)OCC(=O)N[C@@](C)(C#N)C3CC3)cc2C1. The van der Waals surface area contributed by atoms with Gasteiger partial charge in [-0.2, -0.15) is 5.26 Å². The zero-order chi connectivity index (χ0) is 17.3. The lowest BCUT2D eigenvalue weighted by molar-refractivity contribution is -0.125. The summed E-state index contributed by atoms with van der Waals surface area (Å²) in [4.78, 5) is 26.0. The van der Waals surface area contributed by atoms with Gasteiger partial charge in [-0.05, 0) is 62.5 Å². The Bertz CT molecular complexity index is 702. The van der Waals surface area contributed by atoms with Crippen LogP contribution >= 0.6 is 11.3 Å². The molecule has 0 unspecified atom stereocenters. The van der Waals surface area contributed by atoms with E-state index in [0.717, 1.165) is 32.1 Å². The summed E-state index contributed by atoms with van der Waals surface area (Å²) in [6.07, 6.45) is 5.06. The molecule has 0 radical (unpaired) electrons. The highest BCUT2D eigenvalue weighted by Gasteiger charge is 2.43. The maximum absolute atomic E-state index is 12.2. The number of carbonyl (C=O) groups excluding carboxylic acids is 2. The number of nitriles is 1. The minimum atomic E-state index is -0.859. The van der Waals surface area contributed by atoms with Crippen LogP contribution in [0.1, 0.15) is 53.2 Å². The Kier molecular flexibility index (Phi) is 4.64. The van der Waals surface area contributed by atoms with E-state index in [9.17, 15) is 14.9 Å². The van der Waals surface area contributed by atoms with Crippen molar-refractivity contribution in [1.82, 2.24) is 5.32 Å². The third kappa shape index (κ3) is 3.62. The van der Waals surface area contributed by atoms with Gasteiger partial charge in [0.1, 0.15) is 10.4 Å². The second-order valence-corrected chi connectivity index (χ2v) is 8.26. The lowest BCUT2D eigenvalue weighted by Crippen LogP contribution is -2.48. The number of nitrogens with one attached hydrogen (secondary N) is 1. The number of hydrogen-bond donors (Lipinski definition) is 1. The van der Waals surface area contributed by atoms with Crippen LogP contribution in [0.2, 0.25) is 0 Å². The number of thiophene rings is 1. The Morgan fingerprint density at radius 3 is 2.88 bits per heavy atom. The molecule has 0 aliphatic heterocycles. The molecule has 2 aliphatic rings. The molecule has 128 valence electrons. The molecule has 1 heterocycles. The van der Waals surface area contributed by atoms with E-state index in [1.165, 1.54) is 21.8 Å². The first kappa shape index (κ1) is 17.0. The topological polar surface area (TPSA) is 79.2 Å². The Morgan fingerprint density at radius 1 is 1.46 bits per heavy atom. The smallest absolute Gasteiger partial charge is 0.348 e. The van der Waals surface area contributed by atoms with E-state index in [-0.39, 0.29) is 12.5 Å². The highest BCUT2D eigenvalue weighted by atomic mass is 32.1. The molecule has 2 aliphatic carbocycles. The van der Waals surface area contributed by atoms with Crippen LogP contribution < -0.4 is 5.32 Å². The molecule has 1 amide bonds. The largest absolute Gasteiger partial charge is 0.451 e.